The van der Waals surface area contributed by atoms with Crippen LogP contribution in [0, 0.1) is 0 Å². The van der Waals surface area contributed by atoms with Crippen molar-refractivity contribution in [1.29, 1.82) is 0 Å². The van der Waals surface area contributed by atoms with Crippen LogP contribution >= 0.6 is 11.6 Å². The van der Waals surface area contributed by atoms with Crippen molar-refractivity contribution in [2.75, 3.05) is 7.11 Å². The van der Waals surface area contributed by atoms with Crippen LogP contribution in [0.5, 0.6) is 0 Å². The summed E-state index contributed by atoms with van der Waals surface area (Å²) >= 11 is 6.05. The summed E-state index contributed by atoms with van der Waals surface area (Å²) in [5, 5.41) is 0.0441. The predicted octanol–water partition coefficient (Wildman–Crippen LogP) is 2.28. The van der Waals surface area contributed by atoms with E-state index in [9.17, 15) is 9.59 Å². The van der Waals surface area contributed by atoms with Crippen molar-refractivity contribution in [3.63, 3.8) is 0 Å². The number of H-pyrrole nitrogens is 1. The zero-order valence-electron chi connectivity index (χ0n) is 12.1. The molecule has 5 nitrogen and oxygen atoms in total. The van der Waals surface area contributed by atoms with E-state index < -0.39 is 16.9 Å². The Morgan fingerprint density at radius 2 is 1.86 bits per heavy atom. The highest BCUT2D eigenvalue weighted by Crippen LogP contribution is 2.21. The largest absolute Gasteiger partial charge is 0.377 e. The first-order valence-corrected chi connectivity index (χ1v) is 6.87. The first-order chi connectivity index (χ1) is 9.85. The van der Waals surface area contributed by atoms with Gasteiger partial charge in [-0.3, -0.25) is 14.3 Å². The molecule has 0 radical (unpaired) electrons. The lowest BCUT2D eigenvalue weighted by molar-refractivity contribution is 0.00642. The van der Waals surface area contributed by atoms with Crippen LogP contribution in [0.3, 0.4) is 0 Å². The highest BCUT2D eigenvalue weighted by Gasteiger charge is 2.22. The Bertz CT molecular complexity index is 748. The maximum Gasteiger partial charge on any atom is 0.329 e. The Hall–Kier alpha value is -1.85. The number of nitrogens with zero attached hydrogens (tertiary/aromatic N) is 1. The van der Waals surface area contributed by atoms with Gasteiger partial charge in [-0.2, -0.15) is 0 Å². The van der Waals surface area contributed by atoms with Gasteiger partial charge in [0.1, 0.15) is 5.15 Å². The van der Waals surface area contributed by atoms with Gasteiger partial charge in [0.25, 0.3) is 5.56 Å². The molecule has 0 saturated heterocycles. The van der Waals surface area contributed by atoms with Crippen molar-refractivity contribution in [3.8, 4) is 11.1 Å². The van der Waals surface area contributed by atoms with Gasteiger partial charge in [-0.05, 0) is 19.4 Å². The highest BCUT2D eigenvalue weighted by molar-refractivity contribution is 6.32. The molecule has 1 N–H and O–H groups in total. The van der Waals surface area contributed by atoms with Gasteiger partial charge in [-0.1, -0.05) is 41.9 Å². The molecule has 2 rings (SSSR count). The fourth-order valence-electron chi connectivity index (χ4n) is 1.99. The molecule has 0 fully saturated rings. The average Bonchev–Trinajstić information content (AvgIpc) is 2.44. The Morgan fingerprint density at radius 1 is 1.24 bits per heavy atom. The summed E-state index contributed by atoms with van der Waals surface area (Å²) in [5.41, 5.74) is -0.676. The lowest BCUT2D eigenvalue weighted by atomic mass is 10.1. The zero-order valence-corrected chi connectivity index (χ0v) is 12.9. The maximum absolute atomic E-state index is 12.6. The third kappa shape index (κ3) is 3.25. The van der Waals surface area contributed by atoms with Gasteiger partial charge in [-0.15, -0.1) is 0 Å². The molecule has 21 heavy (non-hydrogen) atoms. The Kier molecular flexibility index (Phi) is 4.34. The maximum atomic E-state index is 12.6. The SMILES string of the molecule is COC(C)(C)Cn1c(=O)[nH]c(Cl)c(-c2ccccc2)c1=O. The van der Waals surface area contributed by atoms with Crippen LogP contribution in [0.4, 0.5) is 0 Å². The molecule has 0 bridgehead atoms. The number of aromatic nitrogens is 2. The fourth-order valence-corrected chi connectivity index (χ4v) is 2.26. The van der Waals surface area contributed by atoms with Gasteiger partial charge >= 0.3 is 5.69 Å². The van der Waals surface area contributed by atoms with E-state index in [0.29, 0.717) is 5.56 Å². The van der Waals surface area contributed by atoms with E-state index in [1.807, 2.05) is 6.07 Å². The van der Waals surface area contributed by atoms with Crippen molar-refractivity contribution < 1.29 is 4.74 Å². The van der Waals surface area contributed by atoms with Gasteiger partial charge in [-0.25, -0.2) is 4.79 Å². The molecular formula is C15H17ClN2O3. The molecule has 2 aromatic rings. The number of hydrogen-bond acceptors (Lipinski definition) is 3. The monoisotopic (exact) mass is 308 g/mol. The third-order valence-electron chi connectivity index (χ3n) is 3.29. The van der Waals surface area contributed by atoms with Gasteiger partial charge in [0, 0.05) is 7.11 Å². The summed E-state index contributed by atoms with van der Waals surface area (Å²) in [7, 11) is 1.53. The van der Waals surface area contributed by atoms with Crippen molar-refractivity contribution >= 4 is 11.6 Å². The van der Waals surface area contributed by atoms with E-state index in [2.05, 4.69) is 4.98 Å². The minimum atomic E-state index is -0.640. The molecule has 0 aliphatic heterocycles. The van der Waals surface area contributed by atoms with Crippen molar-refractivity contribution in [1.82, 2.24) is 9.55 Å². The average molecular weight is 309 g/mol. The Balaban J connectivity index is 2.65. The standard InChI is InChI=1S/C15H17ClN2O3/c1-15(2,21-3)9-18-13(19)11(12(16)17-14(18)20)10-7-5-4-6-8-10/h4-8H,9H2,1-3H3,(H,17,20). The molecule has 0 saturated carbocycles. The van der Waals surface area contributed by atoms with Crippen molar-refractivity contribution in [2.24, 2.45) is 0 Å². The number of nitrogens with one attached hydrogen (secondary N) is 1. The molecule has 1 aromatic carbocycles. The summed E-state index contributed by atoms with van der Waals surface area (Å²) in [5.74, 6) is 0. The number of halogens is 1. The smallest absolute Gasteiger partial charge is 0.329 e. The summed E-state index contributed by atoms with van der Waals surface area (Å²) in [6, 6.07) is 8.99. The third-order valence-corrected chi connectivity index (χ3v) is 3.58. The summed E-state index contributed by atoms with van der Waals surface area (Å²) in [4.78, 5) is 27.1. The topological polar surface area (TPSA) is 64.1 Å². The molecule has 0 spiro atoms. The Morgan fingerprint density at radius 3 is 2.43 bits per heavy atom. The molecule has 0 unspecified atom stereocenters. The van der Waals surface area contributed by atoms with Crippen molar-refractivity contribution in [2.45, 2.75) is 26.0 Å². The van der Waals surface area contributed by atoms with Crippen LogP contribution in [-0.4, -0.2) is 22.3 Å². The van der Waals surface area contributed by atoms with Crippen LogP contribution < -0.4 is 11.2 Å². The van der Waals surface area contributed by atoms with Crippen LogP contribution in [-0.2, 0) is 11.3 Å². The first-order valence-electron chi connectivity index (χ1n) is 6.49. The second-order valence-corrected chi connectivity index (χ2v) is 5.72. The molecule has 0 aliphatic rings. The summed E-state index contributed by atoms with van der Waals surface area (Å²) in [6.07, 6.45) is 0. The van der Waals surface area contributed by atoms with Crippen LogP contribution in [0.15, 0.2) is 39.9 Å². The molecule has 0 amide bonds. The number of methoxy groups -OCH3 is 1. The van der Waals surface area contributed by atoms with E-state index in [-0.39, 0.29) is 17.3 Å². The van der Waals surface area contributed by atoms with E-state index >= 15 is 0 Å². The lowest BCUT2D eigenvalue weighted by Gasteiger charge is -2.23. The van der Waals surface area contributed by atoms with Crippen molar-refractivity contribution in [3.05, 3.63) is 56.3 Å². The Labute approximate surface area is 127 Å². The predicted molar refractivity (Wildman–Crippen MR) is 82.9 cm³/mol. The second kappa shape index (κ2) is 5.87. The van der Waals surface area contributed by atoms with Gasteiger partial charge in [0.15, 0.2) is 0 Å². The van der Waals surface area contributed by atoms with Gasteiger partial charge < -0.3 is 4.74 Å². The summed E-state index contributed by atoms with van der Waals surface area (Å²) < 4.78 is 6.39. The lowest BCUT2D eigenvalue weighted by Crippen LogP contribution is -2.43. The van der Waals surface area contributed by atoms with E-state index in [1.165, 1.54) is 7.11 Å². The summed E-state index contributed by atoms with van der Waals surface area (Å²) in [6.45, 7) is 3.74. The molecule has 112 valence electrons. The van der Waals surface area contributed by atoms with E-state index in [0.717, 1.165) is 4.57 Å². The number of ether oxygens (including phenoxy) is 1. The fraction of sp³-hybridized carbons (Fsp3) is 0.333. The number of benzene rings is 1. The quantitative estimate of drug-likeness (QED) is 0.881. The number of rotatable bonds is 4. The number of aromatic amines is 1. The molecule has 6 heteroatoms. The van der Waals surface area contributed by atoms with Gasteiger partial charge in [0.2, 0.25) is 0 Å². The molecule has 1 aromatic heterocycles. The molecule has 0 aliphatic carbocycles. The molecular weight excluding hydrogens is 292 g/mol. The van der Waals surface area contributed by atoms with Gasteiger partial charge in [0.05, 0.1) is 17.7 Å². The number of hydrogen-bond donors (Lipinski definition) is 1. The molecule has 1 heterocycles. The van der Waals surface area contributed by atoms with E-state index in [4.69, 9.17) is 16.3 Å². The second-order valence-electron chi connectivity index (χ2n) is 5.34. The minimum Gasteiger partial charge on any atom is -0.377 e. The van der Waals surface area contributed by atoms with Crippen LogP contribution in [0.25, 0.3) is 11.1 Å². The normalized spacial score (nSPS) is 11.6. The molecule has 0 atom stereocenters. The van der Waals surface area contributed by atoms with Crippen LogP contribution in [0.2, 0.25) is 5.15 Å². The van der Waals surface area contributed by atoms with Crippen LogP contribution in [0.1, 0.15) is 13.8 Å². The minimum absolute atomic E-state index is 0.0441. The zero-order chi connectivity index (χ0) is 15.6. The first kappa shape index (κ1) is 15.5. The van der Waals surface area contributed by atoms with E-state index in [1.54, 1.807) is 38.1 Å². The highest BCUT2D eigenvalue weighted by atomic mass is 35.5.